The van der Waals surface area contributed by atoms with Crippen LogP contribution in [0.15, 0.2) is 18.2 Å². The molecular weight excluding hydrogens is 288 g/mol. The summed E-state index contributed by atoms with van der Waals surface area (Å²) >= 11 is 0. The molecule has 6 heteroatoms. The molecule has 0 atom stereocenters. The van der Waals surface area contributed by atoms with E-state index in [1.807, 2.05) is 39.0 Å². The molecule has 0 aliphatic heterocycles. The highest BCUT2D eigenvalue weighted by Crippen LogP contribution is 2.32. The van der Waals surface area contributed by atoms with E-state index in [2.05, 4.69) is 5.32 Å². The van der Waals surface area contributed by atoms with Gasteiger partial charge in [-0.3, -0.25) is 9.10 Å². The van der Waals surface area contributed by atoms with E-state index in [0.717, 1.165) is 16.8 Å². The van der Waals surface area contributed by atoms with Gasteiger partial charge in [0, 0.05) is 13.5 Å². The molecule has 118 valence electrons. The molecule has 1 rings (SSSR count). The lowest BCUT2D eigenvalue weighted by Gasteiger charge is -2.28. The summed E-state index contributed by atoms with van der Waals surface area (Å²) in [5, 5.41) is 2.64. The number of rotatable bonds is 6. The Morgan fingerprint density at radius 1 is 1.33 bits per heavy atom. The van der Waals surface area contributed by atoms with Gasteiger partial charge in [-0.05, 0) is 24.0 Å². The summed E-state index contributed by atoms with van der Waals surface area (Å²) in [6, 6.07) is 5.78. The van der Waals surface area contributed by atoms with Gasteiger partial charge in [0.15, 0.2) is 0 Å². The number of nitrogens with zero attached hydrogens (tertiary/aromatic N) is 1. The van der Waals surface area contributed by atoms with Crippen LogP contribution in [0, 0.1) is 6.92 Å². The van der Waals surface area contributed by atoms with E-state index in [1.54, 1.807) is 0 Å². The molecule has 21 heavy (non-hydrogen) atoms. The van der Waals surface area contributed by atoms with E-state index in [0.29, 0.717) is 0 Å². The van der Waals surface area contributed by atoms with E-state index in [4.69, 9.17) is 0 Å². The number of hydrogen-bond donors (Lipinski definition) is 1. The maximum absolute atomic E-state index is 12.1. The predicted octanol–water partition coefficient (Wildman–Crippen LogP) is 2.02. The van der Waals surface area contributed by atoms with Crippen LogP contribution in [-0.4, -0.2) is 33.7 Å². The van der Waals surface area contributed by atoms with Crippen molar-refractivity contribution in [2.75, 3.05) is 23.7 Å². The van der Waals surface area contributed by atoms with Crippen LogP contribution in [0.5, 0.6) is 0 Å². The highest BCUT2D eigenvalue weighted by atomic mass is 32.2. The molecular formula is C15H24N2O3S. The lowest BCUT2D eigenvalue weighted by Crippen LogP contribution is -2.38. The fourth-order valence-corrected chi connectivity index (χ4v) is 3.27. The number of amides is 1. The fraction of sp³-hybridized carbons (Fsp3) is 0.533. The average molecular weight is 312 g/mol. The van der Waals surface area contributed by atoms with Crippen molar-refractivity contribution in [2.24, 2.45) is 0 Å². The highest BCUT2D eigenvalue weighted by molar-refractivity contribution is 7.92. The van der Waals surface area contributed by atoms with Gasteiger partial charge in [-0.15, -0.1) is 0 Å². The smallest absolute Gasteiger partial charge is 0.232 e. The van der Waals surface area contributed by atoms with Crippen molar-refractivity contribution >= 4 is 21.6 Å². The van der Waals surface area contributed by atoms with Gasteiger partial charge in [-0.25, -0.2) is 8.42 Å². The first-order valence-corrected chi connectivity index (χ1v) is 8.81. The average Bonchev–Trinajstić information content (AvgIpc) is 2.33. The summed E-state index contributed by atoms with van der Waals surface area (Å²) in [5.74, 6) is 0.0437. The standard InChI is InChI=1S/C15H24N2O3S/c1-11(2)14-8-6-7-12(3)15(14)17(21(5,19)20)10-9-16-13(4)18/h6-8,11H,9-10H2,1-5H3,(H,16,18). The van der Waals surface area contributed by atoms with Gasteiger partial charge in [0.05, 0.1) is 18.5 Å². The number of anilines is 1. The zero-order chi connectivity index (χ0) is 16.2. The van der Waals surface area contributed by atoms with Crippen LogP contribution in [0.25, 0.3) is 0 Å². The molecule has 0 unspecified atom stereocenters. The van der Waals surface area contributed by atoms with Crippen molar-refractivity contribution in [3.8, 4) is 0 Å². The molecule has 1 N–H and O–H groups in total. The normalized spacial score (nSPS) is 11.5. The van der Waals surface area contributed by atoms with Crippen LogP contribution in [0.4, 0.5) is 5.69 Å². The number of para-hydroxylation sites is 1. The number of carbonyl (C=O) groups is 1. The SMILES string of the molecule is CC(=O)NCCN(c1c(C)cccc1C(C)C)S(C)(=O)=O. The maximum Gasteiger partial charge on any atom is 0.232 e. The first-order chi connectivity index (χ1) is 9.64. The third-order valence-electron chi connectivity index (χ3n) is 3.23. The van der Waals surface area contributed by atoms with Crippen molar-refractivity contribution in [3.05, 3.63) is 29.3 Å². The Kier molecular flexibility index (Phi) is 5.78. The van der Waals surface area contributed by atoms with Crippen LogP contribution >= 0.6 is 0 Å². The van der Waals surface area contributed by atoms with Gasteiger partial charge >= 0.3 is 0 Å². The molecule has 0 aromatic heterocycles. The van der Waals surface area contributed by atoms with Crippen LogP contribution in [0.1, 0.15) is 37.8 Å². The van der Waals surface area contributed by atoms with Crippen molar-refractivity contribution in [2.45, 2.75) is 33.6 Å². The highest BCUT2D eigenvalue weighted by Gasteiger charge is 2.22. The lowest BCUT2D eigenvalue weighted by molar-refractivity contribution is -0.118. The van der Waals surface area contributed by atoms with Crippen molar-refractivity contribution in [3.63, 3.8) is 0 Å². The summed E-state index contributed by atoms with van der Waals surface area (Å²) in [5.41, 5.74) is 2.62. The number of hydrogen-bond acceptors (Lipinski definition) is 3. The second-order valence-corrected chi connectivity index (χ2v) is 7.39. The molecule has 5 nitrogen and oxygen atoms in total. The third-order valence-corrected chi connectivity index (χ3v) is 4.40. The van der Waals surface area contributed by atoms with E-state index in [9.17, 15) is 13.2 Å². The third kappa shape index (κ3) is 4.74. The van der Waals surface area contributed by atoms with Crippen LogP contribution in [0.2, 0.25) is 0 Å². The Morgan fingerprint density at radius 2 is 1.95 bits per heavy atom. The molecule has 0 aliphatic carbocycles. The molecule has 0 spiro atoms. The Balaban J connectivity index is 3.24. The largest absolute Gasteiger partial charge is 0.355 e. The molecule has 0 bridgehead atoms. The number of aryl methyl sites for hydroxylation is 1. The second-order valence-electron chi connectivity index (χ2n) is 5.49. The molecule has 0 radical (unpaired) electrons. The van der Waals surface area contributed by atoms with Crippen LogP contribution in [-0.2, 0) is 14.8 Å². The van der Waals surface area contributed by atoms with Gasteiger partial charge in [0.1, 0.15) is 0 Å². The Morgan fingerprint density at radius 3 is 2.43 bits per heavy atom. The molecule has 0 aliphatic rings. The fourth-order valence-electron chi connectivity index (χ4n) is 2.27. The molecule has 0 saturated heterocycles. The second kappa shape index (κ2) is 6.93. The van der Waals surface area contributed by atoms with Gasteiger partial charge in [0.25, 0.3) is 0 Å². The Hall–Kier alpha value is -1.56. The maximum atomic E-state index is 12.1. The summed E-state index contributed by atoms with van der Waals surface area (Å²) in [6.07, 6.45) is 1.19. The van der Waals surface area contributed by atoms with E-state index in [-0.39, 0.29) is 24.9 Å². The lowest BCUT2D eigenvalue weighted by atomic mass is 9.98. The summed E-state index contributed by atoms with van der Waals surface area (Å²) in [6.45, 7) is 7.90. The number of sulfonamides is 1. The Bertz CT molecular complexity index is 609. The van der Waals surface area contributed by atoms with Gasteiger partial charge in [0.2, 0.25) is 15.9 Å². The minimum absolute atomic E-state index is 0.169. The zero-order valence-electron chi connectivity index (χ0n) is 13.3. The van der Waals surface area contributed by atoms with Crippen molar-refractivity contribution < 1.29 is 13.2 Å². The van der Waals surface area contributed by atoms with Gasteiger partial charge in [-0.2, -0.15) is 0 Å². The molecule has 1 aromatic carbocycles. The van der Waals surface area contributed by atoms with Crippen molar-refractivity contribution in [1.82, 2.24) is 5.32 Å². The number of nitrogens with one attached hydrogen (secondary N) is 1. The van der Waals surface area contributed by atoms with Crippen molar-refractivity contribution in [1.29, 1.82) is 0 Å². The zero-order valence-corrected chi connectivity index (χ0v) is 14.1. The summed E-state index contributed by atoms with van der Waals surface area (Å²) in [7, 11) is -3.41. The Labute approximate surface area is 127 Å². The van der Waals surface area contributed by atoms with Crippen LogP contribution in [0.3, 0.4) is 0 Å². The summed E-state index contributed by atoms with van der Waals surface area (Å²) < 4.78 is 25.7. The van der Waals surface area contributed by atoms with Gasteiger partial charge < -0.3 is 5.32 Å². The predicted molar refractivity (Wildman–Crippen MR) is 86.1 cm³/mol. The molecule has 1 amide bonds. The molecule has 1 aromatic rings. The molecule has 0 heterocycles. The molecule has 0 fully saturated rings. The van der Waals surface area contributed by atoms with Gasteiger partial charge in [-0.1, -0.05) is 32.0 Å². The monoisotopic (exact) mass is 312 g/mol. The topological polar surface area (TPSA) is 66.5 Å². The van der Waals surface area contributed by atoms with E-state index >= 15 is 0 Å². The summed E-state index contributed by atoms with van der Waals surface area (Å²) in [4.78, 5) is 11.0. The van der Waals surface area contributed by atoms with E-state index < -0.39 is 10.0 Å². The minimum atomic E-state index is -3.41. The first kappa shape index (κ1) is 17.5. The molecule has 0 saturated carbocycles. The number of benzene rings is 1. The van der Waals surface area contributed by atoms with E-state index in [1.165, 1.54) is 17.5 Å². The quantitative estimate of drug-likeness (QED) is 0.874. The first-order valence-electron chi connectivity index (χ1n) is 6.96. The minimum Gasteiger partial charge on any atom is -0.355 e. The number of carbonyl (C=O) groups excluding carboxylic acids is 1. The van der Waals surface area contributed by atoms with Crippen LogP contribution < -0.4 is 9.62 Å².